The molecule has 0 saturated heterocycles. The Kier molecular flexibility index (Phi) is 10.6. The molecule has 0 atom stereocenters. The molecule has 1 rings (SSSR count). The van der Waals surface area contributed by atoms with Crippen molar-refractivity contribution in [1.29, 1.82) is 0 Å². The van der Waals surface area contributed by atoms with E-state index in [1.54, 1.807) is 13.8 Å². The number of guanidine groups is 1. The Morgan fingerprint density at radius 1 is 1.30 bits per heavy atom. The Hall–Kier alpha value is -0.590. The van der Waals surface area contributed by atoms with E-state index in [0.717, 1.165) is 6.26 Å². The number of hydrogen-bond acceptors (Lipinski definition) is 4. The predicted octanol–water partition coefficient (Wildman–Crippen LogP) is 3.70. The van der Waals surface area contributed by atoms with E-state index >= 15 is 0 Å². The molecule has 0 saturated carbocycles. The highest BCUT2D eigenvalue weighted by Crippen LogP contribution is 2.33. The van der Waals surface area contributed by atoms with Crippen molar-refractivity contribution in [2.45, 2.75) is 31.8 Å². The third kappa shape index (κ3) is 8.12. The second-order valence-corrected chi connectivity index (χ2v) is 9.56. The largest absolute Gasteiger partial charge is 0.433 e. The summed E-state index contributed by atoms with van der Waals surface area (Å²) in [4.78, 5) is 3.97. The summed E-state index contributed by atoms with van der Waals surface area (Å²) in [5.74, 6) is 0.0892. The van der Waals surface area contributed by atoms with Gasteiger partial charge >= 0.3 is 6.61 Å². The molecule has 156 valence electrons. The van der Waals surface area contributed by atoms with E-state index in [2.05, 4.69) is 20.4 Å². The van der Waals surface area contributed by atoms with Gasteiger partial charge in [-0.3, -0.25) is 4.99 Å². The van der Waals surface area contributed by atoms with Crippen LogP contribution >= 0.6 is 47.2 Å². The van der Waals surface area contributed by atoms with E-state index < -0.39 is 21.2 Å². The van der Waals surface area contributed by atoms with Crippen LogP contribution in [0.5, 0.6) is 5.75 Å². The van der Waals surface area contributed by atoms with Gasteiger partial charge in [0.05, 0.1) is 9.77 Å². The number of benzene rings is 1. The molecule has 1 aromatic carbocycles. The molecule has 12 heteroatoms. The monoisotopic (exact) mass is 559 g/mol. The van der Waals surface area contributed by atoms with Crippen molar-refractivity contribution in [3.63, 3.8) is 0 Å². The Labute approximate surface area is 185 Å². The van der Waals surface area contributed by atoms with E-state index in [1.165, 1.54) is 19.2 Å². The maximum absolute atomic E-state index is 12.6. The van der Waals surface area contributed by atoms with Gasteiger partial charge in [0.2, 0.25) is 0 Å². The molecule has 27 heavy (non-hydrogen) atoms. The Balaban J connectivity index is 0.00000676. The fourth-order valence-electron chi connectivity index (χ4n) is 1.79. The van der Waals surface area contributed by atoms with Crippen molar-refractivity contribution in [1.82, 2.24) is 10.6 Å². The minimum atomic E-state index is -3.29. The summed E-state index contributed by atoms with van der Waals surface area (Å²) in [6.07, 6.45) is 1.15. The number of aliphatic imine (C=N–C) groups is 1. The zero-order valence-corrected chi connectivity index (χ0v) is 19.8. The minimum absolute atomic E-state index is 0. The van der Waals surface area contributed by atoms with Gasteiger partial charge in [-0.15, -0.1) is 24.0 Å². The number of nitrogens with one attached hydrogen (secondary N) is 2. The number of sulfone groups is 1. The lowest BCUT2D eigenvalue weighted by molar-refractivity contribution is -0.0504. The van der Waals surface area contributed by atoms with Gasteiger partial charge in [-0.05, 0) is 26.0 Å². The van der Waals surface area contributed by atoms with Gasteiger partial charge in [0.1, 0.15) is 5.75 Å². The molecule has 0 radical (unpaired) electrons. The molecule has 0 aliphatic carbocycles. The molecule has 0 amide bonds. The van der Waals surface area contributed by atoms with E-state index in [0.29, 0.717) is 5.56 Å². The number of hydrogen-bond donors (Lipinski definition) is 2. The molecule has 1 aromatic rings. The predicted molar refractivity (Wildman–Crippen MR) is 116 cm³/mol. The topological polar surface area (TPSA) is 79.8 Å². The summed E-state index contributed by atoms with van der Waals surface area (Å²) in [5, 5.41) is 5.97. The molecule has 0 fully saturated rings. The maximum atomic E-state index is 12.6. The zero-order chi connectivity index (χ0) is 20.1. The van der Waals surface area contributed by atoms with Crippen LogP contribution in [0.4, 0.5) is 8.78 Å². The number of rotatable bonds is 7. The van der Waals surface area contributed by atoms with Crippen LogP contribution in [0.25, 0.3) is 0 Å². The number of ether oxygens (including phenoxy) is 1. The van der Waals surface area contributed by atoms with Crippen LogP contribution in [-0.4, -0.2) is 45.6 Å². The van der Waals surface area contributed by atoms with Crippen molar-refractivity contribution < 1.29 is 21.9 Å². The zero-order valence-electron chi connectivity index (χ0n) is 15.1. The molecule has 0 aromatic heterocycles. The van der Waals surface area contributed by atoms with Crippen molar-refractivity contribution in [3.8, 4) is 5.75 Å². The Morgan fingerprint density at radius 2 is 1.89 bits per heavy atom. The van der Waals surface area contributed by atoms with E-state index in [1.807, 2.05) is 0 Å². The first-order valence-corrected chi connectivity index (χ1v) is 10.1. The second kappa shape index (κ2) is 10.8. The van der Waals surface area contributed by atoms with Gasteiger partial charge in [-0.2, -0.15) is 8.78 Å². The Morgan fingerprint density at radius 3 is 2.37 bits per heavy atom. The van der Waals surface area contributed by atoms with Crippen molar-refractivity contribution in [2.75, 3.05) is 19.8 Å². The minimum Gasteiger partial charge on any atom is -0.433 e. The maximum Gasteiger partial charge on any atom is 0.387 e. The first-order valence-electron chi connectivity index (χ1n) is 7.44. The highest BCUT2D eigenvalue weighted by molar-refractivity contribution is 14.0. The molecule has 0 unspecified atom stereocenters. The molecule has 0 aliphatic heterocycles. The third-order valence-corrected chi connectivity index (χ3v) is 6.30. The molecule has 0 bridgehead atoms. The van der Waals surface area contributed by atoms with E-state index in [9.17, 15) is 17.2 Å². The van der Waals surface area contributed by atoms with Gasteiger partial charge in [0.25, 0.3) is 0 Å². The summed E-state index contributed by atoms with van der Waals surface area (Å²) in [7, 11) is -1.80. The number of halogens is 5. The highest BCUT2D eigenvalue weighted by atomic mass is 127. The quantitative estimate of drug-likeness (QED) is 0.302. The SMILES string of the molecule is CN=C(NCc1cc(Cl)cc(Cl)c1OC(F)F)NCC(C)(C)S(C)(=O)=O.I. The lowest BCUT2D eigenvalue weighted by Gasteiger charge is -2.24. The van der Waals surface area contributed by atoms with Crippen LogP contribution in [-0.2, 0) is 16.4 Å². The third-order valence-electron chi connectivity index (χ3n) is 3.65. The van der Waals surface area contributed by atoms with Crippen LogP contribution in [0.1, 0.15) is 19.4 Å². The molecule has 2 N–H and O–H groups in total. The van der Waals surface area contributed by atoms with E-state index in [-0.39, 0.29) is 58.8 Å². The lowest BCUT2D eigenvalue weighted by Crippen LogP contribution is -2.47. The van der Waals surface area contributed by atoms with Crippen molar-refractivity contribution in [3.05, 3.63) is 27.7 Å². The highest BCUT2D eigenvalue weighted by Gasteiger charge is 2.30. The van der Waals surface area contributed by atoms with Gasteiger partial charge in [-0.25, -0.2) is 8.42 Å². The van der Waals surface area contributed by atoms with Crippen LogP contribution in [0.15, 0.2) is 17.1 Å². The fourth-order valence-corrected chi connectivity index (χ4v) is 2.71. The summed E-state index contributed by atoms with van der Waals surface area (Å²) in [6.45, 7) is 0.242. The molecule has 0 spiro atoms. The normalized spacial score (nSPS) is 12.6. The van der Waals surface area contributed by atoms with Gasteiger partial charge < -0.3 is 15.4 Å². The summed E-state index contributed by atoms with van der Waals surface area (Å²) in [6, 6.07) is 2.73. The molecule has 0 aliphatic rings. The molecular formula is C15H22Cl2F2IN3O3S. The average molecular weight is 560 g/mol. The van der Waals surface area contributed by atoms with Gasteiger partial charge in [0.15, 0.2) is 15.8 Å². The molecular weight excluding hydrogens is 538 g/mol. The van der Waals surface area contributed by atoms with Crippen LogP contribution in [0.3, 0.4) is 0 Å². The average Bonchev–Trinajstić information content (AvgIpc) is 2.49. The fraction of sp³-hybridized carbons (Fsp3) is 0.533. The molecule has 0 heterocycles. The van der Waals surface area contributed by atoms with Crippen molar-refractivity contribution >= 4 is 63.0 Å². The van der Waals surface area contributed by atoms with Crippen LogP contribution in [0.2, 0.25) is 10.0 Å². The van der Waals surface area contributed by atoms with Gasteiger partial charge in [0, 0.05) is 37.0 Å². The van der Waals surface area contributed by atoms with Crippen molar-refractivity contribution in [2.24, 2.45) is 4.99 Å². The number of nitrogens with zero attached hydrogens (tertiary/aromatic N) is 1. The van der Waals surface area contributed by atoms with Crippen LogP contribution in [0, 0.1) is 0 Å². The summed E-state index contributed by atoms with van der Waals surface area (Å²) >= 11 is 11.8. The van der Waals surface area contributed by atoms with E-state index in [4.69, 9.17) is 23.2 Å². The van der Waals surface area contributed by atoms with Gasteiger partial charge in [-0.1, -0.05) is 23.2 Å². The Bertz CT molecular complexity index is 778. The number of alkyl halides is 2. The lowest BCUT2D eigenvalue weighted by atomic mass is 10.2. The first kappa shape index (κ1) is 26.4. The summed E-state index contributed by atoms with van der Waals surface area (Å²) < 4.78 is 52.1. The smallest absolute Gasteiger partial charge is 0.387 e. The second-order valence-electron chi connectivity index (χ2n) is 6.07. The van der Waals surface area contributed by atoms with Crippen LogP contribution < -0.4 is 15.4 Å². The standard InChI is InChI=1S/C15H21Cl2F2N3O3S.HI/c1-15(2,26(4,23)24)8-22-14(20-3)21-7-9-5-10(16)6-11(17)12(9)25-13(18)19;/h5-6,13H,7-8H2,1-4H3,(H2,20,21,22);1H. The summed E-state index contributed by atoms with van der Waals surface area (Å²) in [5.41, 5.74) is 0.299. The molecule has 6 nitrogen and oxygen atoms in total. The first-order chi connectivity index (χ1) is 11.9.